The summed E-state index contributed by atoms with van der Waals surface area (Å²) in [6, 6.07) is 1.90. The third kappa shape index (κ3) is 1.74. The van der Waals surface area contributed by atoms with Gasteiger partial charge in [0.25, 0.3) is 0 Å². The van der Waals surface area contributed by atoms with Crippen LogP contribution >= 0.6 is 11.3 Å². The van der Waals surface area contributed by atoms with E-state index in [0.717, 1.165) is 5.56 Å². The Morgan fingerprint density at radius 3 is 3.00 bits per heavy atom. The highest BCUT2D eigenvalue weighted by molar-refractivity contribution is 7.08. The van der Waals surface area contributed by atoms with E-state index >= 15 is 0 Å². The van der Waals surface area contributed by atoms with E-state index in [2.05, 4.69) is 11.3 Å². The van der Waals surface area contributed by atoms with Crippen molar-refractivity contribution in [3.63, 3.8) is 0 Å². The summed E-state index contributed by atoms with van der Waals surface area (Å²) in [6.45, 7) is 3.59. The number of thiophene rings is 1. The Kier molecular flexibility index (Phi) is 3.05. The summed E-state index contributed by atoms with van der Waals surface area (Å²) in [6.07, 6.45) is 1.59. The highest BCUT2D eigenvalue weighted by atomic mass is 32.1. The van der Waals surface area contributed by atoms with Gasteiger partial charge in [-0.1, -0.05) is 6.08 Å². The summed E-state index contributed by atoms with van der Waals surface area (Å²) in [7, 11) is 1.38. The molecule has 1 unspecified atom stereocenters. The fourth-order valence-electron chi connectivity index (χ4n) is 0.947. The van der Waals surface area contributed by atoms with Crippen LogP contribution in [0.1, 0.15) is 11.5 Å². The summed E-state index contributed by atoms with van der Waals surface area (Å²) in [5, 5.41) is 3.85. The number of hydrogen-bond donors (Lipinski definition) is 0. The minimum Gasteiger partial charge on any atom is -0.468 e. The Balaban J connectivity index is 2.83. The first kappa shape index (κ1) is 9.00. The van der Waals surface area contributed by atoms with Crippen molar-refractivity contribution >= 4 is 17.3 Å². The predicted octanol–water partition coefficient (Wildman–Crippen LogP) is 2.19. The van der Waals surface area contributed by atoms with E-state index in [1.165, 1.54) is 7.11 Å². The number of esters is 1. The molecule has 3 heteroatoms. The van der Waals surface area contributed by atoms with Gasteiger partial charge < -0.3 is 4.74 Å². The lowest BCUT2D eigenvalue weighted by Crippen LogP contribution is -2.10. The van der Waals surface area contributed by atoms with Crippen LogP contribution in [0.2, 0.25) is 0 Å². The van der Waals surface area contributed by atoms with E-state index in [1.807, 2.05) is 16.8 Å². The maximum Gasteiger partial charge on any atom is 0.317 e. The molecule has 0 saturated carbocycles. The third-order valence-electron chi connectivity index (χ3n) is 1.59. The van der Waals surface area contributed by atoms with Crippen LogP contribution in [0.3, 0.4) is 0 Å². The standard InChI is InChI=1S/C9H10O2S/c1-3-8(9(10)11-2)7-4-5-12-6-7/h3-6,8H,1H2,2H3. The predicted molar refractivity (Wildman–Crippen MR) is 49.3 cm³/mol. The Labute approximate surface area is 75.5 Å². The second-order valence-corrected chi connectivity index (χ2v) is 3.07. The highest BCUT2D eigenvalue weighted by Gasteiger charge is 2.17. The van der Waals surface area contributed by atoms with Crippen molar-refractivity contribution in [3.05, 3.63) is 35.0 Å². The quantitative estimate of drug-likeness (QED) is 0.529. The van der Waals surface area contributed by atoms with Crippen LogP contribution in [0.25, 0.3) is 0 Å². The number of methoxy groups -OCH3 is 1. The SMILES string of the molecule is C=CC(C(=O)OC)c1ccsc1. The maximum absolute atomic E-state index is 11.2. The van der Waals surface area contributed by atoms with E-state index in [1.54, 1.807) is 17.4 Å². The zero-order valence-corrected chi connectivity index (χ0v) is 7.64. The minimum atomic E-state index is -0.318. The van der Waals surface area contributed by atoms with Gasteiger partial charge in [-0.15, -0.1) is 6.58 Å². The zero-order chi connectivity index (χ0) is 8.97. The molecule has 0 aliphatic heterocycles. The minimum absolute atomic E-state index is 0.261. The molecule has 2 nitrogen and oxygen atoms in total. The second-order valence-electron chi connectivity index (χ2n) is 2.29. The zero-order valence-electron chi connectivity index (χ0n) is 6.82. The molecule has 0 radical (unpaired) electrons. The van der Waals surface area contributed by atoms with Crippen LogP contribution in [-0.4, -0.2) is 13.1 Å². The largest absolute Gasteiger partial charge is 0.468 e. The van der Waals surface area contributed by atoms with Gasteiger partial charge in [-0.05, 0) is 22.4 Å². The molecular formula is C9H10O2S. The number of carbonyl (C=O) groups excluding carboxylic acids is 1. The Bertz CT molecular complexity index is 264. The van der Waals surface area contributed by atoms with E-state index in [9.17, 15) is 4.79 Å². The highest BCUT2D eigenvalue weighted by Crippen LogP contribution is 2.20. The Morgan fingerprint density at radius 1 is 1.83 bits per heavy atom. The third-order valence-corrected chi connectivity index (χ3v) is 2.29. The van der Waals surface area contributed by atoms with Crippen LogP contribution in [0.5, 0.6) is 0 Å². The topological polar surface area (TPSA) is 26.3 Å². The molecule has 1 heterocycles. The van der Waals surface area contributed by atoms with Crippen molar-refractivity contribution in [3.8, 4) is 0 Å². The van der Waals surface area contributed by atoms with Gasteiger partial charge >= 0.3 is 5.97 Å². The van der Waals surface area contributed by atoms with Gasteiger partial charge in [0.2, 0.25) is 0 Å². The number of ether oxygens (including phenoxy) is 1. The molecule has 0 bridgehead atoms. The number of hydrogen-bond acceptors (Lipinski definition) is 3. The van der Waals surface area contributed by atoms with Gasteiger partial charge in [0.05, 0.1) is 7.11 Å². The summed E-state index contributed by atoms with van der Waals surface area (Å²) in [5.41, 5.74) is 0.946. The van der Waals surface area contributed by atoms with Crippen LogP contribution in [-0.2, 0) is 9.53 Å². The molecule has 0 amide bonds. The molecule has 0 aromatic carbocycles. The van der Waals surface area contributed by atoms with Gasteiger partial charge in [-0.3, -0.25) is 4.79 Å². The van der Waals surface area contributed by atoms with Crippen molar-refractivity contribution in [2.24, 2.45) is 0 Å². The van der Waals surface area contributed by atoms with E-state index in [4.69, 9.17) is 0 Å². The molecule has 1 atom stereocenters. The molecule has 1 rings (SSSR count). The smallest absolute Gasteiger partial charge is 0.317 e. The van der Waals surface area contributed by atoms with Gasteiger partial charge in [-0.2, -0.15) is 11.3 Å². The molecule has 0 N–H and O–H groups in total. The summed E-state index contributed by atoms with van der Waals surface area (Å²) in [5.74, 6) is -0.579. The Morgan fingerprint density at radius 2 is 2.58 bits per heavy atom. The van der Waals surface area contributed by atoms with Crippen molar-refractivity contribution in [1.29, 1.82) is 0 Å². The molecule has 0 fully saturated rings. The van der Waals surface area contributed by atoms with Crippen molar-refractivity contribution in [2.45, 2.75) is 5.92 Å². The van der Waals surface area contributed by atoms with Crippen molar-refractivity contribution in [1.82, 2.24) is 0 Å². The lowest BCUT2D eigenvalue weighted by molar-refractivity contribution is -0.141. The van der Waals surface area contributed by atoms with Gasteiger partial charge in [0.15, 0.2) is 0 Å². The van der Waals surface area contributed by atoms with Crippen LogP contribution < -0.4 is 0 Å². The molecular weight excluding hydrogens is 172 g/mol. The number of rotatable bonds is 3. The lowest BCUT2D eigenvalue weighted by atomic mass is 10.0. The maximum atomic E-state index is 11.2. The van der Waals surface area contributed by atoms with Gasteiger partial charge in [0.1, 0.15) is 5.92 Å². The first-order chi connectivity index (χ1) is 5.79. The first-order valence-corrected chi connectivity index (χ1v) is 4.46. The van der Waals surface area contributed by atoms with Gasteiger partial charge in [0, 0.05) is 0 Å². The molecule has 0 spiro atoms. The second kappa shape index (κ2) is 4.07. The van der Waals surface area contributed by atoms with Crippen LogP contribution in [0.4, 0.5) is 0 Å². The molecule has 0 aliphatic rings. The summed E-state index contributed by atoms with van der Waals surface area (Å²) in [4.78, 5) is 11.2. The number of carbonyl (C=O) groups is 1. The summed E-state index contributed by atoms with van der Waals surface area (Å²) >= 11 is 1.56. The van der Waals surface area contributed by atoms with E-state index in [-0.39, 0.29) is 11.9 Å². The Hall–Kier alpha value is -1.09. The average molecular weight is 182 g/mol. The normalized spacial score (nSPS) is 12.1. The monoisotopic (exact) mass is 182 g/mol. The molecule has 12 heavy (non-hydrogen) atoms. The average Bonchev–Trinajstić information content (AvgIpc) is 2.58. The van der Waals surface area contributed by atoms with E-state index in [0.29, 0.717) is 0 Å². The fraction of sp³-hybridized carbons (Fsp3) is 0.222. The lowest BCUT2D eigenvalue weighted by Gasteiger charge is -2.06. The van der Waals surface area contributed by atoms with Crippen molar-refractivity contribution < 1.29 is 9.53 Å². The fourth-order valence-corrected chi connectivity index (χ4v) is 1.64. The molecule has 64 valence electrons. The van der Waals surface area contributed by atoms with Crippen LogP contribution in [0.15, 0.2) is 29.5 Å². The van der Waals surface area contributed by atoms with Crippen molar-refractivity contribution in [2.75, 3.05) is 7.11 Å². The first-order valence-electron chi connectivity index (χ1n) is 3.52. The van der Waals surface area contributed by atoms with Crippen LogP contribution in [0, 0.1) is 0 Å². The molecule has 0 saturated heterocycles. The molecule has 0 aliphatic carbocycles. The molecule has 1 aromatic rings. The molecule has 1 aromatic heterocycles. The van der Waals surface area contributed by atoms with E-state index < -0.39 is 0 Å². The summed E-state index contributed by atoms with van der Waals surface area (Å²) < 4.78 is 4.62. The van der Waals surface area contributed by atoms with Gasteiger partial charge in [-0.25, -0.2) is 0 Å².